The van der Waals surface area contributed by atoms with Crippen LogP contribution in [-0.2, 0) is 22.6 Å². The van der Waals surface area contributed by atoms with Gasteiger partial charge in [-0.2, -0.15) is 0 Å². The van der Waals surface area contributed by atoms with Crippen LogP contribution < -0.4 is 5.73 Å². The highest BCUT2D eigenvalue weighted by Crippen LogP contribution is 2.12. The molecule has 0 fully saturated rings. The van der Waals surface area contributed by atoms with Crippen LogP contribution in [0.25, 0.3) is 0 Å². The highest BCUT2D eigenvalue weighted by molar-refractivity contribution is 6.30. The summed E-state index contributed by atoms with van der Waals surface area (Å²) in [7, 11) is 0. The molecule has 0 aliphatic heterocycles. The van der Waals surface area contributed by atoms with Gasteiger partial charge in [-0.15, -0.1) is 0 Å². The Kier molecular flexibility index (Phi) is 5.16. The van der Waals surface area contributed by atoms with Crippen LogP contribution in [0, 0.1) is 0 Å². The summed E-state index contributed by atoms with van der Waals surface area (Å²) in [4.78, 5) is 11.8. The topological polar surface area (TPSA) is 52.3 Å². The molecule has 0 bridgehead atoms. The maximum atomic E-state index is 11.8. The number of rotatable bonds is 5. The Bertz CT molecular complexity index is 572. The molecular formula is C16H16ClNO2. The first-order chi connectivity index (χ1) is 9.65. The van der Waals surface area contributed by atoms with Crippen LogP contribution in [0.4, 0.5) is 0 Å². The van der Waals surface area contributed by atoms with E-state index in [9.17, 15) is 4.79 Å². The second-order valence-corrected chi connectivity index (χ2v) is 4.97. The molecule has 0 radical (unpaired) electrons. The summed E-state index contributed by atoms with van der Waals surface area (Å²) < 4.78 is 5.19. The molecule has 0 aromatic heterocycles. The molecule has 0 aliphatic carbocycles. The molecular weight excluding hydrogens is 274 g/mol. The quantitative estimate of drug-likeness (QED) is 0.861. The Balaban J connectivity index is 1.85. The van der Waals surface area contributed by atoms with Gasteiger partial charge in [0.1, 0.15) is 12.6 Å². The lowest BCUT2D eigenvalue weighted by Crippen LogP contribution is -2.34. The van der Waals surface area contributed by atoms with Crippen LogP contribution in [0.2, 0.25) is 5.02 Å². The molecule has 2 rings (SSSR count). The Hall–Kier alpha value is -1.84. The van der Waals surface area contributed by atoms with Gasteiger partial charge in [0.25, 0.3) is 0 Å². The Labute approximate surface area is 123 Å². The zero-order valence-electron chi connectivity index (χ0n) is 11.0. The summed E-state index contributed by atoms with van der Waals surface area (Å²) in [6, 6.07) is 16.2. The van der Waals surface area contributed by atoms with Gasteiger partial charge in [-0.1, -0.05) is 54.1 Å². The number of carbonyl (C=O) groups excluding carboxylic acids is 1. The number of benzene rings is 2. The fourth-order valence-corrected chi connectivity index (χ4v) is 2.05. The van der Waals surface area contributed by atoms with E-state index in [1.165, 1.54) is 0 Å². The molecule has 104 valence electrons. The standard InChI is InChI=1S/C16H16ClNO2/c17-14-8-4-7-13(9-14)11-20-16(19)15(18)10-12-5-2-1-3-6-12/h1-9,15H,10-11,18H2. The molecule has 1 unspecified atom stereocenters. The molecule has 2 N–H and O–H groups in total. The summed E-state index contributed by atoms with van der Waals surface area (Å²) >= 11 is 5.86. The van der Waals surface area contributed by atoms with Gasteiger partial charge in [0.15, 0.2) is 0 Å². The van der Waals surface area contributed by atoms with Crippen LogP contribution in [0.15, 0.2) is 54.6 Å². The lowest BCUT2D eigenvalue weighted by molar-refractivity contribution is -0.146. The molecule has 20 heavy (non-hydrogen) atoms. The van der Waals surface area contributed by atoms with E-state index in [1.54, 1.807) is 12.1 Å². The van der Waals surface area contributed by atoms with Crippen molar-refractivity contribution in [2.45, 2.75) is 19.1 Å². The Morgan fingerprint density at radius 1 is 1.10 bits per heavy atom. The fourth-order valence-electron chi connectivity index (χ4n) is 1.84. The van der Waals surface area contributed by atoms with E-state index in [0.29, 0.717) is 11.4 Å². The van der Waals surface area contributed by atoms with E-state index < -0.39 is 12.0 Å². The van der Waals surface area contributed by atoms with Crippen LogP contribution in [0.3, 0.4) is 0 Å². The molecule has 4 heteroatoms. The third-order valence-corrected chi connectivity index (χ3v) is 3.11. The minimum absolute atomic E-state index is 0.182. The average molecular weight is 290 g/mol. The number of ether oxygens (including phenoxy) is 1. The second kappa shape index (κ2) is 7.08. The van der Waals surface area contributed by atoms with Crippen molar-refractivity contribution in [3.05, 3.63) is 70.7 Å². The van der Waals surface area contributed by atoms with Crippen molar-refractivity contribution < 1.29 is 9.53 Å². The number of hydrogen-bond donors (Lipinski definition) is 1. The van der Waals surface area contributed by atoms with Gasteiger partial charge in [-0.05, 0) is 29.7 Å². The molecule has 0 saturated heterocycles. The maximum absolute atomic E-state index is 11.8. The van der Waals surface area contributed by atoms with Gasteiger partial charge < -0.3 is 10.5 Å². The molecule has 2 aromatic carbocycles. The van der Waals surface area contributed by atoms with Crippen LogP contribution in [0.5, 0.6) is 0 Å². The van der Waals surface area contributed by atoms with Crippen molar-refractivity contribution in [2.24, 2.45) is 5.73 Å². The van der Waals surface area contributed by atoms with E-state index in [4.69, 9.17) is 22.1 Å². The van der Waals surface area contributed by atoms with Gasteiger partial charge >= 0.3 is 5.97 Å². The normalized spacial score (nSPS) is 11.9. The van der Waals surface area contributed by atoms with Gasteiger partial charge in [0.2, 0.25) is 0 Å². The molecule has 0 spiro atoms. The fraction of sp³-hybridized carbons (Fsp3) is 0.188. The Morgan fingerprint density at radius 3 is 2.50 bits per heavy atom. The van der Waals surface area contributed by atoms with Crippen molar-refractivity contribution in [2.75, 3.05) is 0 Å². The highest BCUT2D eigenvalue weighted by Gasteiger charge is 2.15. The zero-order valence-corrected chi connectivity index (χ0v) is 11.7. The zero-order chi connectivity index (χ0) is 14.4. The number of halogens is 1. The Morgan fingerprint density at radius 2 is 1.80 bits per heavy atom. The summed E-state index contributed by atoms with van der Waals surface area (Å²) in [6.45, 7) is 0.182. The van der Waals surface area contributed by atoms with Gasteiger partial charge in [-0.25, -0.2) is 0 Å². The number of hydrogen-bond acceptors (Lipinski definition) is 3. The van der Waals surface area contributed by atoms with Crippen molar-refractivity contribution in [3.63, 3.8) is 0 Å². The van der Waals surface area contributed by atoms with Gasteiger partial charge in [-0.3, -0.25) is 4.79 Å². The molecule has 0 amide bonds. The largest absolute Gasteiger partial charge is 0.460 e. The van der Waals surface area contributed by atoms with Crippen molar-refractivity contribution in [1.82, 2.24) is 0 Å². The predicted octanol–water partition coefficient (Wildman–Crippen LogP) is 2.95. The SMILES string of the molecule is NC(Cc1ccccc1)C(=O)OCc1cccc(Cl)c1. The van der Waals surface area contributed by atoms with E-state index in [0.717, 1.165) is 11.1 Å². The second-order valence-electron chi connectivity index (χ2n) is 4.53. The molecule has 0 heterocycles. The first-order valence-electron chi connectivity index (χ1n) is 6.36. The summed E-state index contributed by atoms with van der Waals surface area (Å²) in [5.41, 5.74) is 7.70. The van der Waals surface area contributed by atoms with Crippen molar-refractivity contribution in [3.8, 4) is 0 Å². The lowest BCUT2D eigenvalue weighted by Gasteiger charge is -2.11. The van der Waals surface area contributed by atoms with E-state index >= 15 is 0 Å². The summed E-state index contributed by atoms with van der Waals surface area (Å²) in [6.07, 6.45) is 0.467. The smallest absolute Gasteiger partial charge is 0.323 e. The summed E-state index contributed by atoms with van der Waals surface area (Å²) in [5.74, 6) is -0.408. The number of nitrogens with two attached hydrogens (primary N) is 1. The monoisotopic (exact) mass is 289 g/mol. The molecule has 3 nitrogen and oxygen atoms in total. The van der Waals surface area contributed by atoms with Gasteiger partial charge in [0.05, 0.1) is 0 Å². The third-order valence-electron chi connectivity index (χ3n) is 2.87. The lowest BCUT2D eigenvalue weighted by atomic mass is 10.1. The van der Waals surface area contributed by atoms with E-state index in [2.05, 4.69) is 0 Å². The third kappa shape index (κ3) is 4.37. The minimum Gasteiger partial charge on any atom is -0.460 e. The first kappa shape index (κ1) is 14.6. The highest BCUT2D eigenvalue weighted by atomic mass is 35.5. The van der Waals surface area contributed by atoms with Crippen molar-refractivity contribution >= 4 is 17.6 Å². The number of esters is 1. The van der Waals surface area contributed by atoms with Crippen LogP contribution in [-0.4, -0.2) is 12.0 Å². The molecule has 0 saturated carbocycles. The summed E-state index contributed by atoms with van der Waals surface area (Å²) in [5, 5.41) is 0.618. The molecule has 1 atom stereocenters. The minimum atomic E-state index is -0.656. The maximum Gasteiger partial charge on any atom is 0.323 e. The number of carbonyl (C=O) groups is 1. The van der Waals surface area contributed by atoms with Crippen LogP contribution >= 0.6 is 11.6 Å². The average Bonchev–Trinajstić information content (AvgIpc) is 2.46. The van der Waals surface area contributed by atoms with E-state index in [1.807, 2.05) is 42.5 Å². The predicted molar refractivity (Wildman–Crippen MR) is 79.4 cm³/mol. The van der Waals surface area contributed by atoms with E-state index in [-0.39, 0.29) is 6.61 Å². The molecule has 0 aliphatic rings. The van der Waals surface area contributed by atoms with Gasteiger partial charge in [0, 0.05) is 5.02 Å². The van der Waals surface area contributed by atoms with Crippen LogP contribution in [0.1, 0.15) is 11.1 Å². The first-order valence-corrected chi connectivity index (χ1v) is 6.73. The van der Waals surface area contributed by atoms with Crippen molar-refractivity contribution in [1.29, 1.82) is 0 Å². The molecule has 2 aromatic rings.